The second-order valence-corrected chi connectivity index (χ2v) is 27.7. The average molecular weight is 647 g/mol. The zero-order chi connectivity index (χ0) is 27.5. The summed E-state index contributed by atoms with van der Waals surface area (Å²) in [5.74, 6) is 0.541. The second kappa shape index (κ2) is 10.6. The van der Waals surface area contributed by atoms with Gasteiger partial charge in [-0.15, -0.1) is 0 Å². The molecule has 2 aliphatic rings. The molecule has 4 aromatic rings. The zero-order valence-corrected chi connectivity index (χ0v) is 28.9. The quantitative estimate of drug-likeness (QED) is 0.165. The molecule has 1 atom stereocenters. The molecule has 0 saturated carbocycles. The summed E-state index contributed by atoms with van der Waals surface area (Å²) in [5, 5.41) is 3.02. The van der Waals surface area contributed by atoms with Crippen LogP contribution in [0.2, 0.25) is 0 Å². The van der Waals surface area contributed by atoms with Crippen LogP contribution in [0.15, 0.2) is 78.4 Å². The van der Waals surface area contributed by atoms with Gasteiger partial charge in [0.15, 0.2) is 0 Å². The fourth-order valence-electron chi connectivity index (χ4n) is 7.01. The summed E-state index contributed by atoms with van der Waals surface area (Å²) in [4.78, 5) is 0. The van der Waals surface area contributed by atoms with Crippen molar-refractivity contribution in [2.24, 2.45) is 5.92 Å². The molecule has 0 N–H and O–H groups in total. The Morgan fingerprint density at radius 3 is 2.31 bits per heavy atom. The van der Waals surface area contributed by atoms with Crippen LogP contribution in [0.3, 0.4) is 0 Å². The van der Waals surface area contributed by atoms with Gasteiger partial charge in [-0.3, -0.25) is 0 Å². The van der Waals surface area contributed by atoms with Crippen molar-refractivity contribution in [2.75, 3.05) is 0 Å². The standard InChI is InChI=1S/C23H27.C12H9Si.2ClH.Zr/c1-6-19-7-8-20-13-18(9-15(2)3)14-22(20)23(19)21-11-16(4)10-17(5)12-21;1-3-7-11-9(5-1)10-6-2-4-8-12(10)13-11;;;/h7-8,10-15H,6,9H2,1-5H3;1-7H,13H2;2*1H;/q;;;;+2/p-2. The van der Waals surface area contributed by atoms with E-state index in [1.807, 2.05) is 0 Å². The zero-order valence-electron chi connectivity index (χ0n) is 23.5. The molecule has 0 aromatic heterocycles. The number of fused-ring (bicyclic) bond motifs is 4. The Labute approximate surface area is 247 Å². The van der Waals surface area contributed by atoms with Crippen LogP contribution in [-0.4, -0.2) is 9.52 Å². The molecule has 1 heterocycles. The third kappa shape index (κ3) is 4.80. The Bertz CT molecular complexity index is 1610. The Kier molecular flexibility index (Phi) is 7.47. The van der Waals surface area contributed by atoms with Crippen molar-refractivity contribution in [3.63, 3.8) is 0 Å². The number of aryl methyl sites for hydroxylation is 3. The van der Waals surface area contributed by atoms with Gasteiger partial charge in [0.25, 0.3) is 0 Å². The molecule has 1 aliphatic heterocycles. The van der Waals surface area contributed by atoms with Gasteiger partial charge in [-0.1, -0.05) is 0 Å². The predicted molar refractivity (Wildman–Crippen MR) is 172 cm³/mol. The van der Waals surface area contributed by atoms with Crippen LogP contribution >= 0.6 is 17.0 Å². The van der Waals surface area contributed by atoms with Crippen molar-refractivity contribution < 1.29 is 17.9 Å². The second-order valence-electron chi connectivity index (χ2n) is 11.9. The monoisotopic (exact) mass is 644 g/mol. The Hall–Kier alpha value is -1.70. The van der Waals surface area contributed by atoms with Crippen LogP contribution in [0.1, 0.15) is 58.6 Å². The molecule has 0 saturated heterocycles. The van der Waals surface area contributed by atoms with E-state index in [-0.39, 0.29) is 3.63 Å². The first-order valence-corrected chi connectivity index (χ1v) is 24.6. The van der Waals surface area contributed by atoms with E-state index in [4.69, 9.17) is 17.0 Å². The van der Waals surface area contributed by atoms with Gasteiger partial charge in [0, 0.05) is 0 Å². The first kappa shape index (κ1) is 27.5. The van der Waals surface area contributed by atoms with Gasteiger partial charge in [-0.05, 0) is 0 Å². The molecule has 6 rings (SSSR count). The molecule has 198 valence electrons. The molecule has 4 aromatic carbocycles. The van der Waals surface area contributed by atoms with Gasteiger partial charge in [-0.2, -0.15) is 0 Å². The minimum absolute atomic E-state index is 0.125. The van der Waals surface area contributed by atoms with E-state index in [1.54, 1.807) is 0 Å². The Balaban J connectivity index is 1.55. The van der Waals surface area contributed by atoms with E-state index in [2.05, 4.69) is 113 Å². The van der Waals surface area contributed by atoms with Crippen LogP contribution in [-0.2, 0) is 24.3 Å². The van der Waals surface area contributed by atoms with E-state index < -0.39 is 27.4 Å². The normalized spacial score (nSPS) is 16.4. The summed E-state index contributed by atoms with van der Waals surface area (Å²) < 4.78 is 1.44. The molecular weight excluding hydrogens is 611 g/mol. The molecule has 0 nitrogen and oxygen atoms in total. The molecule has 1 unspecified atom stereocenters. The molecule has 0 amide bonds. The van der Waals surface area contributed by atoms with Crippen LogP contribution in [0.5, 0.6) is 0 Å². The molecular formula is C35H36Cl2SiZr. The SMILES string of the molecule is CCc1ccc2c(c1-c1cc(C)cc(C)c1)C=C(CC(C)C)[CH]2[Zr]([Cl])([Cl])[c]1cccc2c1[SiH2]c1ccccc1-2. The summed E-state index contributed by atoms with van der Waals surface area (Å²) in [6, 6.07) is 27.3. The fraction of sp³-hybridized carbons (Fsp3) is 0.257. The molecule has 4 heteroatoms. The molecule has 0 bridgehead atoms. The summed E-state index contributed by atoms with van der Waals surface area (Å²) in [6.45, 7) is 11.3. The van der Waals surface area contributed by atoms with E-state index in [9.17, 15) is 0 Å². The first-order chi connectivity index (χ1) is 18.7. The van der Waals surface area contributed by atoms with Gasteiger partial charge in [-0.25, -0.2) is 0 Å². The maximum atomic E-state index is 7.88. The minimum atomic E-state index is -3.97. The van der Waals surface area contributed by atoms with Crippen molar-refractivity contribution in [2.45, 2.75) is 51.1 Å². The molecule has 39 heavy (non-hydrogen) atoms. The van der Waals surface area contributed by atoms with Crippen LogP contribution in [0, 0.1) is 19.8 Å². The van der Waals surface area contributed by atoms with Crippen molar-refractivity contribution in [1.82, 2.24) is 0 Å². The van der Waals surface area contributed by atoms with Crippen molar-refractivity contribution >= 4 is 46.3 Å². The summed E-state index contributed by atoms with van der Waals surface area (Å²) >= 11 is -3.97. The molecule has 0 radical (unpaired) electrons. The Morgan fingerprint density at radius 2 is 1.59 bits per heavy atom. The van der Waals surface area contributed by atoms with E-state index in [0.717, 1.165) is 12.8 Å². The third-order valence-electron chi connectivity index (χ3n) is 8.48. The summed E-state index contributed by atoms with van der Waals surface area (Å²) in [5.41, 5.74) is 13.6. The van der Waals surface area contributed by atoms with Crippen molar-refractivity contribution in [1.29, 1.82) is 0 Å². The number of rotatable bonds is 6. The molecule has 1 aliphatic carbocycles. The number of hydrogen-bond acceptors (Lipinski definition) is 0. The number of benzene rings is 4. The molecule has 0 fully saturated rings. The van der Waals surface area contributed by atoms with Gasteiger partial charge >= 0.3 is 250 Å². The predicted octanol–water partition coefficient (Wildman–Crippen LogP) is 7.90. The van der Waals surface area contributed by atoms with Gasteiger partial charge in [0.2, 0.25) is 0 Å². The summed E-state index contributed by atoms with van der Waals surface area (Å²) in [6.07, 6.45) is 4.51. The summed E-state index contributed by atoms with van der Waals surface area (Å²) in [7, 11) is 15.1. The van der Waals surface area contributed by atoms with Crippen molar-refractivity contribution in [3.8, 4) is 22.3 Å². The van der Waals surface area contributed by atoms with Crippen LogP contribution in [0.25, 0.3) is 28.3 Å². The van der Waals surface area contributed by atoms with Crippen LogP contribution in [0.4, 0.5) is 0 Å². The topological polar surface area (TPSA) is 0 Å². The van der Waals surface area contributed by atoms with E-state index >= 15 is 0 Å². The maximum absolute atomic E-state index is 7.88. The van der Waals surface area contributed by atoms with E-state index in [1.165, 1.54) is 69.3 Å². The van der Waals surface area contributed by atoms with Gasteiger partial charge in [0.1, 0.15) is 0 Å². The van der Waals surface area contributed by atoms with Crippen LogP contribution < -0.4 is 13.6 Å². The number of halogens is 2. The molecule has 0 spiro atoms. The Morgan fingerprint density at radius 1 is 0.872 bits per heavy atom. The van der Waals surface area contributed by atoms with Gasteiger partial charge < -0.3 is 0 Å². The first-order valence-electron chi connectivity index (χ1n) is 14.2. The third-order valence-corrected chi connectivity index (χ3v) is 22.8. The fourth-order valence-corrected chi connectivity index (χ4v) is 23.8. The number of hydrogen-bond donors (Lipinski definition) is 0. The number of allylic oxidation sites excluding steroid dienone is 1. The van der Waals surface area contributed by atoms with E-state index in [0.29, 0.717) is 5.92 Å². The average Bonchev–Trinajstić information content (AvgIpc) is 3.45. The van der Waals surface area contributed by atoms with Gasteiger partial charge in [0.05, 0.1) is 0 Å². The van der Waals surface area contributed by atoms with Crippen molar-refractivity contribution in [3.05, 3.63) is 106 Å².